The van der Waals surface area contributed by atoms with Crippen LogP contribution in [0.4, 0.5) is 18.9 Å². The van der Waals surface area contributed by atoms with Gasteiger partial charge in [-0.1, -0.05) is 30.7 Å². The molecule has 130 valence electrons. The number of pyridine rings is 1. The molecule has 4 nitrogen and oxygen atoms in total. The minimum Gasteiger partial charge on any atom is -0.320 e. The SMILES string of the molecule is CCc1nc2ccc(Cl)cn2c1C(=O)Nc1ccccc1C(F)(F)F. The molecule has 1 aromatic carbocycles. The number of para-hydroxylation sites is 1. The molecule has 0 radical (unpaired) electrons. The molecule has 0 aliphatic rings. The normalized spacial score (nSPS) is 11.7. The van der Waals surface area contributed by atoms with Crippen molar-refractivity contribution in [2.24, 2.45) is 0 Å². The summed E-state index contributed by atoms with van der Waals surface area (Å²) in [7, 11) is 0. The van der Waals surface area contributed by atoms with Crippen molar-refractivity contribution >= 4 is 28.8 Å². The third kappa shape index (κ3) is 3.32. The summed E-state index contributed by atoms with van der Waals surface area (Å²) in [4.78, 5) is 17.0. The number of anilines is 1. The molecule has 0 atom stereocenters. The van der Waals surface area contributed by atoms with Crippen molar-refractivity contribution in [3.05, 3.63) is 64.6 Å². The van der Waals surface area contributed by atoms with Crippen LogP contribution in [0.3, 0.4) is 0 Å². The highest BCUT2D eigenvalue weighted by molar-refractivity contribution is 6.30. The number of rotatable bonds is 3. The number of benzene rings is 1. The van der Waals surface area contributed by atoms with Gasteiger partial charge in [0.05, 0.1) is 22.0 Å². The van der Waals surface area contributed by atoms with E-state index in [1.165, 1.54) is 28.8 Å². The van der Waals surface area contributed by atoms with Crippen LogP contribution in [0.1, 0.15) is 28.7 Å². The minimum absolute atomic E-state index is 0.164. The first-order chi connectivity index (χ1) is 11.8. The molecule has 1 N–H and O–H groups in total. The molecule has 0 spiro atoms. The van der Waals surface area contributed by atoms with Crippen LogP contribution < -0.4 is 5.32 Å². The van der Waals surface area contributed by atoms with Crippen LogP contribution in [-0.2, 0) is 12.6 Å². The highest BCUT2D eigenvalue weighted by Crippen LogP contribution is 2.34. The Morgan fingerprint density at radius 3 is 2.64 bits per heavy atom. The van der Waals surface area contributed by atoms with E-state index in [4.69, 9.17) is 11.6 Å². The first-order valence-corrected chi connectivity index (χ1v) is 7.83. The maximum Gasteiger partial charge on any atom is 0.418 e. The summed E-state index contributed by atoms with van der Waals surface area (Å²) in [5.74, 6) is -0.677. The zero-order valence-electron chi connectivity index (χ0n) is 13.1. The molecule has 0 fully saturated rings. The van der Waals surface area contributed by atoms with E-state index in [9.17, 15) is 18.0 Å². The lowest BCUT2D eigenvalue weighted by Crippen LogP contribution is -2.19. The minimum atomic E-state index is -4.57. The number of halogens is 4. The maximum absolute atomic E-state index is 13.1. The number of hydrogen-bond donors (Lipinski definition) is 1. The van der Waals surface area contributed by atoms with E-state index in [0.29, 0.717) is 22.8 Å². The molecule has 0 bridgehead atoms. The van der Waals surface area contributed by atoms with E-state index in [1.807, 2.05) is 6.92 Å². The van der Waals surface area contributed by atoms with Gasteiger partial charge < -0.3 is 5.32 Å². The van der Waals surface area contributed by atoms with Crippen LogP contribution in [0.2, 0.25) is 5.02 Å². The van der Waals surface area contributed by atoms with Gasteiger partial charge in [0.2, 0.25) is 0 Å². The van der Waals surface area contributed by atoms with E-state index < -0.39 is 17.6 Å². The van der Waals surface area contributed by atoms with Gasteiger partial charge in [0, 0.05) is 6.20 Å². The number of carbonyl (C=O) groups is 1. The van der Waals surface area contributed by atoms with Crippen molar-refractivity contribution in [1.29, 1.82) is 0 Å². The topological polar surface area (TPSA) is 46.4 Å². The number of nitrogens with zero attached hydrogens (tertiary/aromatic N) is 2. The Morgan fingerprint density at radius 2 is 1.96 bits per heavy atom. The number of nitrogens with one attached hydrogen (secondary N) is 1. The maximum atomic E-state index is 13.1. The van der Waals surface area contributed by atoms with Gasteiger partial charge in [-0.2, -0.15) is 13.2 Å². The lowest BCUT2D eigenvalue weighted by atomic mass is 10.1. The standard InChI is InChI=1S/C17H13ClF3N3O/c1-2-12-15(24-9-10(18)7-8-14(24)22-12)16(25)23-13-6-4-3-5-11(13)17(19,20)21/h3-9H,2H2,1H3,(H,23,25). The molecule has 2 aromatic heterocycles. The summed E-state index contributed by atoms with van der Waals surface area (Å²) in [6.45, 7) is 1.81. The molecule has 0 aliphatic heterocycles. The number of carbonyl (C=O) groups excluding carboxylic acids is 1. The number of hydrogen-bond acceptors (Lipinski definition) is 2. The van der Waals surface area contributed by atoms with E-state index in [1.54, 1.807) is 12.1 Å². The number of aromatic nitrogens is 2. The van der Waals surface area contributed by atoms with Crippen molar-refractivity contribution in [3.63, 3.8) is 0 Å². The second kappa shape index (κ2) is 6.40. The summed E-state index contributed by atoms with van der Waals surface area (Å²) in [5.41, 5.74) is -0.0796. The smallest absolute Gasteiger partial charge is 0.320 e. The average molecular weight is 368 g/mol. The molecule has 8 heteroatoms. The molecule has 3 aromatic rings. The Labute approximate surface area is 146 Å². The molecule has 25 heavy (non-hydrogen) atoms. The van der Waals surface area contributed by atoms with Gasteiger partial charge in [0.25, 0.3) is 5.91 Å². The average Bonchev–Trinajstić information content (AvgIpc) is 2.92. The summed E-state index contributed by atoms with van der Waals surface area (Å²) in [5, 5.41) is 2.73. The number of alkyl halides is 3. The zero-order valence-corrected chi connectivity index (χ0v) is 13.8. The third-order valence-electron chi connectivity index (χ3n) is 3.69. The molecule has 1 amide bonds. The Kier molecular flexibility index (Phi) is 4.43. The first-order valence-electron chi connectivity index (χ1n) is 7.45. The highest BCUT2D eigenvalue weighted by Gasteiger charge is 2.34. The second-order valence-corrected chi connectivity index (χ2v) is 5.77. The summed E-state index contributed by atoms with van der Waals surface area (Å²) in [6.07, 6.45) is -2.61. The first kappa shape index (κ1) is 17.3. The van der Waals surface area contributed by atoms with E-state index >= 15 is 0 Å². The van der Waals surface area contributed by atoms with Gasteiger partial charge in [-0.05, 0) is 30.7 Å². The van der Waals surface area contributed by atoms with Gasteiger partial charge in [-0.25, -0.2) is 4.98 Å². The van der Waals surface area contributed by atoms with Gasteiger partial charge in [0.15, 0.2) is 0 Å². The number of amides is 1. The fourth-order valence-corrected chi connectivity index (χ4v) is 2.74. The summed E-state index contributed by atoms with van der Waals surface area (Å²) in [6, 6.07) is 8.09. The van der Waals surface area contributed by atoms with Crippen molar-refractivity contribution < 1.29 is 18.0 Å². The molecule has 0 aliphatic carbocycles. The van der Waals surface area contributed by atoms with Crippen LogP contribution in [0, 0.1) is 0 Å². The lowest BCUT2D eigenvalue weighted by Gasteiger charge is -2.13. The number of imidazole rings is 1. The van der Waals surface area contributed by atoms with Gasteiger partial charge >= 0.3 is 6.18 Å². The Balaban J connectivity index is 2.06. The van der Waals surface area contributed by atoms with E-state index in [0.717, 1.165) is 6.07 Å². The quantitative estimate of drug-likeness (QED) is 0.721. The summed E-state index contributed by atoms with van der Waals surface area (Å²) >= 11 is 5.96. The monoisotopic (exact) mass is 367 g/mol. The fraction of sp³-hybridized carbons (Fsp3) is 0.176. The largest absolute Gasteiger partial charge is 0.418 e. The highest BCUT2D eigenvalue weighted by atomic mass is 35.5. The molecular formula is C17H13ClF3N3O. The molecule has 3 rings (SSSR count). The van der Waals surface area contributed by atoms with E-state index in [2.05, 4.69) is 10.3 Å². The number of fused-ring (bicyclic) bond motifs is 1. The van der Waals surface area contributed by atoms with Crippen LogP contribution in [0.25, 0.3) is 5.65 Å². The third-order valence-corrected chi connectivity index (χ3v) is 3.91. The van der Waals surface area contributed by atoms with Crippen LogP contribution >= 0.6 is 11.6 Å². The van der Waals surface area contributed by atoms with Crippen molar-refractivity contribution in [1.82, 2.24) is 9.38 Å². The van der Waals surface area contributed by atoms with Gasteiger partial charge in [-0.3, -0.25) is 9.20 Å². The second-order valence-electron chi connectivity index (χ2n) is 5.33. The van der Waals surface area contributed by atoms with Crippen LogP contribution in [-0.4, -0.2) is 15.3 Å². The Bertz CT molecular complexity index is 950. The Morgan fingerprint density at radius 1 is 1.24 bits per heavy atom. The molecular weight excluding hydrogens is 355 g/mol. The van der Waals surface area contributed by atoms with Gasteiger partial charge in [-0.15, -0.1) is 0 Å². The molecule has 2 heterocycles. The van der Waals surface area contributed by atoms with Crippen molar-refractivity contribution in [3.8, 4) is 0 Å². The lowest BCUT2D eigenvalue weighted by molar-refractivity contribution is -0.136. The predicted octanol–water partition coefficient (Wildman–Crippen LogP) is 4.82. The van der Waals surface area contributed by atoms with Crippen LogP contribution in [0.5, 0.6) is 0 Å². The van der Waals surface area contributed by atoms with Crippen molar-refractivity contribution in [2.45, 2.75) is 19.5 Å². The summed E-state index contributed by atoms with van der Waals surface area (Å²) < 4.78 is 40.8. The number of aryl methyl sites for hydroxylation is 1. The zero-order chi connectivity index (χ0) is 18.2. The van der Waals surface area contributed by atoms with E-state index in [-0.39, 0.29) is 11.4 Å². The Hall–Kier alpha value is -2.54. The predicted molar refractivity (Wildman–Crippen MR) is 89.0 cm³/mol. The molecule has 0 saturated carbocycles. The van der Waals surface area contributed by atoms with Crippen molar-refractivity contribution in [2.75, 3.05) is 5.32 Å². The fourth-order valence-electron chi connectivity index (χ4n) is 2.58. The van der Waals surface area contributed by atoms with Gasteiger partial charge in [0.1, 0.15) is 11.3 Å². The van der Waals surface area contributed by atoms with Crippen LogP contribution in [0.15, 0.2) is 42.6 Å². The molecule has 0 unspecified atom stereocenters. The molecule has 0 saturated heterocycles.